The molecular weight excluding hydrogens is 344 g/mol. The van der Waals surface area contributed by atoms with E-state index in [1.807, 2.05) is 20.8 Å². The number of carbonyl (C=O) groups is 1. The van der Waals surface area contributed by atoms with Crippen LogP contribution in [0.15, 0.2) is 24.3 Å². The number of sulfonamides is 1. The topological polar surface area (TPSA) is 95.9 Å². The molecule has 1 aromatic carbocycles. The monoisotopic (exact) mass is 372 g/mol. The normalized spacial score (nSPS) is 13.2. The lowest BCUT2D eigenvalue weighted by atomic mass is 10.0. The van der Waals surface area contributed by atoms with E-state index in [-0.39, 0.29) is 6.61 Å². The number of benzene rings is 1. The predicted molar refractivity (Wildman–Crippen MR) is 98.0 cm³/mol. The van der Waals surface area contributed by atoms with Gasteiger partial charge < -0.3 is 14.7 Å². The zero-order chi connectivity index (χ0) is 19.3. The van der Waals surface area contributed by atoms with Gasteiger partial charge in [0.25, 0.3) is 0 Å². The average molecular weight is 372 g/mol. The van der Waals surface area contributed by atoms with Gasteiger partial charge in [0.2, 0.25) is 10.0 Å². The Labute approximate surface area is 150 Å². The van der Waals surface area contributed by atoms with Gasteiger partial charge in [0.05, 0.1) is 19.0 Å². The second-order valence-corrected chi connectivity index (χ2v) is 8.57. The summed E-state index contributed by atoms with van der Waals surface area (Å²) in [5.74, 6) is 0. The van der Waals surface area contributed by atoms with E-state index in [1.165, 1.54) is 0 Å². The Morgan fingerprint density at radius 1 is 1.36 bits per heavy atom. The smallest absolute Gasteiger partial charge is 0.410 e. The summed E-state index contributed by atoms with van der Waals surface area (Å²) in [7, 11) is -3.38. The number of amides is 1. The van der Waals surface area contributed by atoms with E-state index in [1.54, 1.807) is 36.1 Å². The number of aliphatic hydroxyl groups excluding tert-OH is 1. The standard InChI is InChI=1S/C17H28N2O5S/c1-6-24-16(21)19(17(2,3)4)11-10-15(20)13-8-7-9-14(12-13)18-25(5,22)23/h7-9,12,15,18,20H,6,10-11H2,1-5H3. The van der Waals surface area contributed by atoms with Gasteiger partial charge >= 0.3 is 6.09 Å². The maximum absolute atomic E-state index is 12.1. The first-order chi connectivity index (χ1) is 11.4. The van der Waals surface area contributed by atoms with Crippen LogP contribution >= 0.6 is 0 Å². The Hall–Kier alpha value is -1.80. The van der Waals surface area contributed by atoms with Crippen molar-refractivity contribution in [1.29, 1.82) is 0 Å². The number of hydrogen-bond donors (Lipinski definition) is 2. The molecule has 1 amide bonds. The van der Waals surface area contributed by atoms with Crippen LogP contribution in [0.3, 0.4) is 0 Å². The Morgan fingerprint density at radius 2 is 2.00 bits per heavy atom. The van der Waals surface area contributed by atoms with Crippen LogP contribution in [0, 0.1) is 0 Å². The van der Waals surface area contributed by atoms with Crippen molar-refractivity contribution >= 4 is 21.8 Å². The zero-order valence-corrected chi connectivity index (χ0v) is 16.3. The van der Waals surface area contributed by atoms with E-state index >= 15 is 0 Å². The van der Waals surface area contributed by atoms with Crippen molar-refractivity contribution in [1.82, 2.24) is 4.90 Å². The van der Waals surface area contributed by atoms with Crippen molar-refractivity contribution in [3.05, 3.63) is 29.8 Å². The molecule has 0 saturated heterocycles. The molecule has 0 radical (unpaired) electrons. The van der Waals surface area contributed by atoms with E-state index in [0.29, 0.717) is 24.2 Å². The quantitative estimate of drug-likeness (QED) is 0.767. The Kier molecular flexibility index (Phi) is 7.25. The number of ether oxygens (including phenoxy) is 1. The first-order valence-electron chi connectivity index (χ1n) is 8.14. The number of nitrogens with one attached hydrogen (secondary N) is 1. The van der Waals surface area contributed by atoms with Gasteiger partial charge in [0, 0.05) is 17.8 Å². The fourth-order valence-corrected chi connectivity index (χ4v) is 2.90. The summed E-state index contributed by atoms with van der Waals surface area (Å²) in [6, 6.07) is 6.57. The molecule has 0 spiro atoms. The van der Waals surface area contributed by atoms with Gasteiger partial charge in [-0.3, -0.25) is 4.72 Å². The van der Waals surface area contributed by atoms with Crippen molar-refractivity contribution in [2.45, 2.75) is 45.8 Å². The van der Waals surface area contributed by atoms with Crippen LogP contribution in [0.25, 0.3) is 0 Å². The fraction of sp³-hybridized carbons (Fsp3) is 0.588. The summed E-state index contributed by atoms with van der Waals surface area (Å²) in [4.78, 5) is 13.7. The number of anilines is 1. The van der Waals surface area contributed by atoms with Gasteiger partial charge in [-0.15, -0.1) is 0 Å². The fourth-order valence-electron chi connectivity index (χ4n) is 2.34. The number of aliphatic hydroxyl groups is 1. The summed E-state index contributed by atoms with van der Waals surface area (Å²) in [5.41, 5.74) is 0.523. The summed E-state index contributed by atoms with van der Waals surface area (Å²) in [6.45, 7) is 8.03. The minimum atomic E-state index is -3.38. The van der Waals surface area contributed by atoms with Crippen LogP contribution in [-0.4, -0.2) is 49.5 Å². The summed E-state index contributed by atoms with van der Waals surface area (Å²) >= 11 is 0. The maximum Gasteiger partial charge on any atom is 0.410 e. The van der Waals surface area contributed by atoms with Crippen molar-refractivity contribution < 1.29 is 23.1 Å². The van der Waals surface area contributed by atoms with E-state index < -0.39 is 27.8 Å². The predicted octanol–water partition coefficient (Wildman–Crippen LogP) is 2.74. The van der Waals surface area contributed by atoms with E-state index in [0.717, 1.165) is 6.26 Å². The molecule has 0 heterocycles. The molecule has 1 atom stereocenters. The lowest BCUT2D eigenvalue weighted by Gasteiger charge is -2.35. The SMILES string of the molecule is CCOC(=O)N(CCC(O)c1cccc(NS(C)(=O)=O)c1)C(C)(C)C. The lowest BCUT2D eigenvalue weighted by Crippen LogP contribution is -2.46. The zero-order valence-electron chi connectivity index (χ0n) is 15.4. The van der Waals surface area contributed by atoms with Crippen LogP contribution in [0.1, 0.15) is 45.8 Å². The Bertz CT molecular complexity index is 683. The first-order valence-corrected chi connectivity index (χ1v) is 10.0. The molecular formula is C17H28N2O5S. The molecule has 1 aromatic rings. The van der Waals surface area contributed by atoms with Crippen LogP contribution in [0.5, 0.6) is 0 Å². The summed E-state index contributed by atoms with van der Waals surface area (Å²) < 4.78 is 30.1. The molecule has 1 unspecified atom stereocenters. The Morgan fingerprint density at radius 3 is 2.52 bits per heavy atom. The molecule has 7 nitrogen and oxygen atoms in total. The van der Waals surface area contributed by atoms with Crippen LogP contribution in [-0.2, 0) is 14.8 Å². The van der Waals surface area contributed by atoms with Gasteiger partial charge in [-0.1, -0.05) is 12.1 Å². The van der Waals surface area contributed by atoms with Gasteiger partial charge in [-0.2, -0.15) is 0 Å². The van der Waals surface area contributed by atoms with Crippen molar-refractivity contribution in [3.63, 3.8) is 0 Å². The highest BCUT2D eigenvalue weighted by atomic mass is 32.2. The van der Waals surface area contributed by atoms with E-state index in [9.17, 15) is 18.3 Å². The van der Waals surface area contributed by atoms with E-state index in [4.69, 9.17) is 4.74 Å². The second-order valence-electron chi connectivity index (χ2n) is 6.83. The highest BCUT2D eigenvalue weighted by Gasteiger charge is 2.28. The van der Waals surface area contributed by atoms with Gasteiger partial charge in [0.1, 0.15) is 0 Å². The number of carbonyl (C=O) groups excluding carboxylic acids is 1. The molecule has 142 valence electrons. The Balaban J connectivity index is 2.82. The third-order valence-electron chi connectivity index (χ3n) is 3.50. The molecule has 0 aliphatic carbocycles. The minimum absolute atomic E-state index is 0.285. The number of rotatable bonds is 7. The molecule has 1 rings (SSSR count). The first kappa shape index (κ1) is 21.2. The molecule has 8 heteroatoms. The number of nitrogens with zero attached hydrogens (tertiary/aromatic N) is 1. The molecule has 0 aliphatic heterocycles. The summed E-state index contributed by atoms with van der Waals surface area (Å²) in [6.07, 6.45) is 0.116. The van der Waals surface area contributed by atoms with E-state index in [2.05, 4.69) is 4.72 Å². The second kappa shape index (κ2) is 8.53. The third-order valence-corrected chi connectivity index (χ3v) is 4.11. The average Bonchev–Trinajstić information content (AvgIpc) is 2.44. The molecule has 0 aliphatic rings. The molecule has 0 fully saturated rings. The minimum Gasteiger partial charge on any atom is -0.450 e. The highest BCUT2D eigenvalue weighted by Crippen LogP contribution is 2.23. The molecule has 0 bridgehead atoms. The van der Waals surface area contributed by atoms with Gasteiger partial charge in [-0.05, 0) is 51.8 Å². The molecule has 2 N–H and O–H groups in total. The maximum atomic E-state index is 12.1. The molecule has 0 aromatic heterocycles. The van der Waals surface area contributed by atoms with Crippen LogP contribution in [0.2, 0.25) is 0 Å². The van der Waals surface area contributed by atoms with Gasteiger partial charge in [-0.25, -0.2) is 13.2 Å². The summed E-state index contributed by atoms with van der Waals surface area (Å²) in [5, 5.41) is 10.4. The van der Waals surface area contributed by atoms with Crippen molar-refractivity contribution in [3.8, 4) is 0 Å². The molecule has 25 heavy (non-hydrogen) atoms. The van der Waals surface area contributed by atoms with Crippen LogP contribution < -0.4 is 4.72 Å². The highest BCUT2D eigenvalue weighted by molar-refractivity contribution is 7.92. The van der Waals surface area contributed by atoms with Crippen molar-refractivity contribution in [2.24, 2.45) is 0 Å². The third kappa shape index (κ3) is 7.31. The van der Waals surface area contributed by atoms with Crippen LogP contribution in [0.4, 0.5) is 10.5 Å². The largest absolute Gasteiger partial charge is 0.450 e. The lowest BCUT2D eigenvalue weighted by molar-refractivity contribution is 0.0597. The number of hydrogen-bond acceptors (Lipinski definition) is 5. The van der Waals surface area contributed by atoms with Gasteiger partial charge in [0.15, 0.2) is 0 Å². The molecule has 0 saturated carbocycles. The van der Waals surface area contributed by atoms with Crippen molar-refractivity contribution in [2.75, 3.05) is 24.1 Å².